The smallest absolute Gasteiger partial charge is 0.142 e. The molecule has 0 unspecified atom stereocenters. The zero-order valence-electron chi connectivity index (χ0n) is 11.7. The third kappa shape index (κ3) is 2.99. The van der Waals surface area contributed by atoms with Gasteiger partial charge >= 0.3 is 0 Å². The van der Waals surface area contributed by atoms with Crippen LogP contribution in [0, 0.1) is 6.92 Å². The van der Waals surface area contributed by atoms with Crippen LogP contribution < -0.4 is 20.5 Å². The van der Waals surface area contributed by atoms with Gasteiger partial charge in [-0.05, 0) is 52.7 Å². The van der Waals surface area contributed by atoms with Crippen LogP contribution >= 0.6 is 15.9 Å². The number of methoxy groups -OCH3 is 2. The number of rotatable bonds is 4. The number of benzene rings is 2. The van der Waals surface area contributed by atoms with Crippen molar-refractivity contribution in [1.29, 1.82) is 0 Å². The first-order valence-electron chi connectivity index (χ1n) is 6.10. The minimum Gasteiger partial charge on any atom is -0.497 e. The number of nitrogens with two attached hydrogens (primary N) is 1. The highest BCUT2D eigenvalue weighted by atomic mass is 79.9. The number of anilines is 3. The Morgan fingerprint density at radius 2 is 1.80 bits per heavy atom. The second-order valence-electron chi connectivity index (χ2n) is 4.38. The Bertz CT molecular complexity index is 630. The Labute approximate surface area is 127 Å². The Morgan fingerprint density at radius 1 is 1.05 bits per heavy atom. The lowest BCUT2D eigenvalue weighted by Crippen LogP contribution is -1.98. The molecule has 0 fully saturated rings. The number of nitrogen functional groups attached to an aromatic ring is 1. The molecule has 20 heavy (non-hydrogen) atoms. The molecule has 0 aliphatic heterocycles. The highest BCUT2D eigenvalue weighted by Gasteiger charge is 2.09. The summed E-state index contributed by atoms with van der Waals surface area (Å²) in [6.07, 6.45) is 0. The van der Waals surface area contributed by atoms with Crippen molar-refractivity contribution in [3.05, 3.63) is 40.4 Å². The molecule has 2 aromatic rings. The standard InChI is InChI=1S/C15H17BrN2O2/c1-9-6-13(11(16)8-12(9)17)18-14-7-10(19-2)4-5-15(14)20-3/h4-8,18H,17H2,1-3H3. The topological polar surface area (TPSA) is 56.5 Å². The minimum atomic E-state index is 0.743. The molecular formula is C15H17BrN2O2. The van der Waals surface area contributed by atoms with Crippen LogP contribution in [0.3, 0.4) is 0 Å². The summed E-state index contributed by atoms with van der Waals surface area (Å²) in [7, 11) is 3.27. The van der Waals surface area contributed by atoms with Crippen LogP contribution in [-0.2, 0) is 0 Å². The molecule has 0 heterocycles. The summed E-state index contributed by atoms with van der Waals surface area (Å²) >= 11 is 3.51. The van der Waals surface area contributed by atoms with E-state index < -0.39 is 0 Å². The van der Waals surface area contributed by atoms with Crippen LogP contribution in [0.2, 0.25) is 0 Å². The summed E-state index contributed by atoms with van der Waals surface area (Å²) in [6.45, 7) is 1.97. The van der Waals surface area contributed by atoms with Gasteiger partial charge in [0, 0.05) is 16.2 Å². The molecule has 0 atom stereocenters. The third-order valence-electron chi connectivity index (χ3n) is 3.03. The van der Waals surface area contributed by atoms with Gasteiger partial charge in [-0.2, -0.15) is 0 Å². The van der Waals surface area contributed by atoms with Gasteiger partial charge in [0.15, 0.2) is 0 Å². The van der Waals surface area contributed by atoms with Crippen molar-refractivity contribution in [2.24, 2.45) is 0 Å². The van der Waals surface area contributed by atoms with Gasteiger partial charge < -0.3 is 20.5 Å². The fourth-order valence-corrected chi connectivity index (χ4v) is 2.31. The third-order valence-corrected chi connectivity index (χ3v) is 3.69. The van der Waals surface area contributed by atoms with Gasteiger partial charge in [0.05, 0.1) is 25.6 Å². The van der Waals surface area contributed by atoms with Crippen LogP contribution in [0.4, 0.5) is 17.1 Å². The first-order chi connectivity index (χ1) is 9.55. The van der Waals surface area contributed by atoms with Gasteiger partial charge in [-0.15, -0.1) is 0 Å². The number of nitrogens with one attached hydrogen (secondary N) is 1. The predicted molar refractivity (Wildman–Crippen MR) is 86.1 cm³/mol. The predicted octanol–water partition coefficient (Wildman–Crippen LogP) is 4.10. The molecule has 0 saturated heterocycles. The Hall–Kier alpha value is -1.88. The molecule has 4 nitrogen and oxygen atoms in total. The lowest BCUT2D eigenvalue weighted by molar-refractivity contribution is 0.405. The van der Waals surface area contributed by atoms with Gasteiger partial charge in [0.25, 0.3) is 0 Å². The zero-order valence-corrected chi connectivity index (χ0v) is 13.2. The maximum atomic E-state index is 5.88. The van der Waals surface area contributed by atoms with E-state index in [9.17, 15) is 0 Å². The van der Waals surface area contributed by atoms with E-state index in [1.165, 1.54) is 0 Å². The number of ether oxygens (including phenoxy) is 2. The van der Waals surface area contributed by atoms with Crippen molar-refractivity contribution in [2.45, 2.75) is 6.92 Å². The van der Waals surface area contributed by atoms with Gasteiger partial charge in [0.1, 0.15) is 11.5 Å². The molecule has 0 radical (unpaired) electrons. The number of halogens is 1. The van der Waals surface area contributed by atoms with Crippen LogP contribution in [0.15, 0.2) is 34.8 Å². The molecule has 5 heteroatoms. The molecular weight excluding hydrogens is 320 g/mol. The van der Waals surface area contributed by atoms with Crippen molar-refractivity contribution in [2.75, 3.05) is 25.3 Å². The lowest BCUT2D eigenvalue weighted by Gasteiger charge is -2.15. The number of hydrogen-bond acceptors (Lipinski definition) is 4. The second-order valence-corrected chi connectivity index (χ2v) is 5.23. The molecule has 0 aliphatic carbocycles. The van der Waals surface area contributed by atoms with E-state index in [4.69, 9.17) is 15.2 Å². The highest BCUT2D eigenvalue weighted by Crippen LogP contribution is 2.35. The molecule has 3 N–H and O–H groups in total. The summed E-state index contributed by atoms with van der Waals surface area (Å²) < 4.78 is 11.5. The fraction of sp³-hybridized carbons (Fsp3) is 0.200. The molecule has 0 aromatic heterocycles. The molecule has 106 valence electrons. The van der Waals surface area contributed by atoms with Crippen molar-refractivity contribution in [3.63, 3.8) is 0 Å². The second kappa shape index (κ2) is 6.05. The normalized spacial score (nSPS) is 10.2. The summed E-state index contributed by atoms with van der Waals surface area (Å²) in [6, 6.07) is 9.46. The molecule has 0 bridgehead atoms. The van der Waals surface area contributed by atoms with Gasteiger partial charge in [-0.1, -0.05) is 0 Å². The van der Waals surface area contributed by atoms with Gasteiger partial charge in [-0.25, -0.2) is 0 Å². The zero-order chi connectivity index (χ0) is 14.7. The Kier molecular flexibility index (Phi) is 4.39. The largest absolute Gasteiger partial charge is 0.497 e. The maximum Gasteiger partial charge on any atom is 0.142 e. The minimum absolute atomic E-state index is 0.743. The molecule has 0 spiro atoms. The van der Waals surface area contributed by atoms with Crippen molar-refractivity contribution < 1.29 is 9.47 Å². The highest BCUT2D eigenvalue weighted by molar-refractivity contribution is 9.10. The Balaban J connectivity index is 2.41. The van der Waals surface area contributed by atoms with E-state index in [-0.39, 0.29) is 0 Å². The van der Waals surface area contributed by atoms with Crippen LogP contribution in [0.5, 0.6) is 11.5 Å². The van der Waals surface area contributed by atoms with E-state index in [0.717, 1.165) is 38.6 Å². The first kappa shape index (κ1) is 14.5. The molecule has 0 amide bonds. The van der Waals surface area contributed by atoms with E-state index in [2.05, 4.69) is 21.2 Å². The van der Waals surface area contributed by atoms with Gasteiger partial charge in [-0.3, -0.25) is 0 Å². The number of hydrogen-bond donors (Lipinski definition) is 2. The molecule has 2 aromatic carbocycles. The van der Waals surface area contributed by atoms with E-state index in [1.54, 1.807) is 14.2 Å². The monoisotopic (exact) mass is 336 g/mol. The molecule has 2 rings (SSSR count). The van der Waals surface area contributed by atoms with E-state index in [1.807, 2.05) is 37.3 Å². The first-order valence-corrected chi connectivity index (χ1v) is 6.89. The van der Waals surface area contributed by atoms with Crippen LogP contribution in [0.1, 0.15) is 5.56 Å². The SMILES string of the molecule is COc1ccc(OC)c(Nc2cc(C)c(N)cc2Br)c1. The summed E-state index contributed by atoms with van der Waals surface area (Å²) in [5, 5.41) is 3.33. The van der Waals surface area contributed by atoms with Gasteiger partial charge in [0.2, 0.25) is 0 Å². The summed E-state index contributed by atoms with van der Waals surface area (Å²) in [4.78, 5) is 0. The van der Waals surface area contributed by atoms with Crippen LogP contribution in [-0.4, -0.2) is 14.2 Å². The van der Waals surface area contributed by atoms with Crippen LogP contribution in [0.25, 0.3) is 0 Å². The van der Waals surface area contributed by atoms with Crippen molar-refractivity contribution in [1.82, 2.24) is 0 Å². The van der Waals surface area contributed by atoms with E-state index in [0.29, 0.717) is 0 Å². The fourth-order valence-electron chi connectivity index (χ4n) is 1.85. The summed E-state index contributed by atoms with van der Waals surface area (Å²) in [5.41, 5.74) is 9.39. The summed E-state index contributed by atoms with van der Waals surface area (Å²) in [5.74, 6) is 1.50. The average Bonchev–Trinajstić information content (AvgIpc) is 2.44. The number of aryl methyl sites for hydroxylation is 1. The van der Waals surface area contributed by atoms with Crippen molar-refractivity contribution in [3.8, 4) is 11.5 Å². The average molecular weight is 337 g/mol. The molecule has 0 aliphatic rings. The van der Waals surface area contributed by atoms with E-state index >= 15 is 0 Å². The van der Waals surface area contributed by atoms with Crippen molar-refractivity contribution >= 4 is 33.0 Å². The quantitative estimate of drug-likeness (QED) is 0.825. The molecule has 0 saturated carbocycles. The Morgan fingerprint density at radius 3 is 2.45 bits per heavy atom. The maximum absolute atomic E-state index is 5.88. The lowest BCUT2D eigenvalue weighted by atomic mass is 10.1.